The van der Waals surface area contributed by atoms with E-state index in [1.54, 1.807) is 0 Å². The lowest BCUT2D eigenvalue weighted by atomic mass is 10.0. The molecule has 4 nitrogen and oxygen atoms in total. The van der Waals surface area contributed by atoms with Crippen LogP contribution in [0, 0.1) is 5.92 Å². The zero-order valence-electron chi connectivity index (χ0n) is 11.0. The summed E-state index contributed by atoms with van der Waals surface area (Å²) in [6, 6.07) is 7.53. The molecule has 0 heterocycles. The molecule has 4 N–H and O–H groups in total. The second-order valence-corrected chi connectivity index (χ2v) is 4.76. The average molecular weight is 250 g/mol. The second-order valence-electron chi connectivity index (χ2n) is 4.76. The Labute approximate surface area is 108 Å². The summed E-state index contributed by atoms with van der Waals surface area (Å²) in [4.78, 5) is 11.7. The first-order chi connectivity index (χ1) is 8.52. The summed E-state index contributed by atoms with van der Waals surface area (Å²) in [6.45, 7) is 3.90. The molecule has 1 aromatic carbocycles. The molecule has 0 aliphatic heterocycles. The molecule has 0 saturated carbocycles. The van der Waals surface area contributed by atoms with Gasteiger partial charge in [-0.25, -0.2) is 0 Å². The maximum Gasteiger partial charge on any atom is 0.220 e. The maximum atomic E-state index is 11.7. The number of nitrogens with one attached hydrogen (secondary N) is 1. The van der Waals surface area contributed by atoms with E-state index in [1.807, 2.05) is 38.1 Å². The van der Waals surface area contributed by atoms with Gasteiger partial charge in [0.2, 0.25) is 5.91 Å². The van der Waals surface area contributed by atoms with Crippen molar-refractivity contribution in [2.45, 2.75) is 32.7 Å². The van der Waals surface area contributed by atoms with Gasteiger partial charge in [0, 0.05) is 24.8 Å². The smallest absolute Gasteiger partial charge is 0.220 e. The number of anilines is 1. The van der Waals surface area contributed by atoms with Crippen LogP contribution < -0.4 is 11.1 Å². The Morgan fingerprint density at radius 2 is 1.94 bits per heavy atom. The number of hydrogen-bond donors (Lipinski definition) is 3. The molecule has 1 rings (SSSR count). The van der Waals surface area contributed by atoms with E-state index in [9.17, 15) is 4.79 Å². The molecule has 0 aromatic heterocycles. The Hall–Kier alpha value is -1.55. The number of rotatable bonds is 6. The Bertz CT molecular complexity index is 376. The number of hydrogen-bond acceptors (Lipinski definition) is 3. The number of aliphatic hydroxyl groups excluding tert-OH is 1. The highest BCUT2D eigenvalue weighted by atomic mass is 16.3. The summed E-state index contributed by atoms with van der Waals surface area (Å²) >= 11 is 0. The Morgan fingerprint density at radius 3 is 2.50 bits per heavy atom. The van der Waals surface area contributed by atoms with Crippen molar-refractivity contribution in [3.63, 3.8) is 0 Å². The normalized spacial score (nSPS) is 13.9. The Kier molecular flexibility index (Phi) is 5.65. The largest absolute Gasteiger partial charge is 0.399 e. The second kappa shape index (κ2) is 7.01. The van der Waals surface area contributed by atoms with Crippen molar-refractivity contribution < 1.29 is 9.90 Å². The zero-order valence-corrected chi connectivity index (χ0v) is 11.0. The fourth-order valence-electron chi connectivity index (χ4n) is 1.57. The summed E-state index contributed by atoms with van der Waals surface area (Å²) < 4.78 is 0. The quantitative estimate of drug-likeness (QED) is 0.667. The molecule has 1 amide bonds. The van der Waals surface area contributed by atoms with E-state index >= 15 is 0 Å². The molecular formula is C14H22N2O2. The van der Waals surface area contributed by atoms with Gasteiger partial charge in [0.05, 0.1) is 0 Å². The molecule has 0 radical (unpaired) electrons. The molecule has 0 fully saturated rings. The lowest BCUT2D eigenvalue weighted by Crippen LogP contribution is -2.38. The first-order valence-electron chi connectivity index (χ1n) is 6.27. The van der Waals surface area contributed by atoms with E-state index in [4.69, 9.17) is 10.8 Å². The summed E-state index contributed by atoms with van der Waals surface area (Å²) in [7, 11) is 0. The number of nitrogens with two attached hydrogens (primary N) is 1. The predicted octanol–water partition coefficient (Wildman–Crippen LogP) is 1.33. The summed E-state index contributed by atoms with van der Waals surface area (Å²) in [5.41, 5.74) is 7.42. The van der Waals surface area contributed by atoms with Crippen LogP contribution in [0.25, 0.3) is 0 Å². The van der Waals surface area contributed by atoms with Gasteiger partial charge in [-0.05, 0) is 37.0 Å². The van der Waals surface area contributed by atoms with Crippen LogP contribution >= 0.6 is 0 Å². The van der Waals surface area contributed by atoms with Crippen LogP contribution in [-0.2, 0) is 11.2 Å². The van der Waals surface area contributed by atoms with E-state index in [0.717, 1.165) is 11.3 Å². The van der Waals surface area contributed by atoms with Crippen LogP contribution in [0.3, 0.4) is 0 Å². The third-order valence-corrected chi connectivity index (χ3v) is 3.15. The molecule has 0 bridgehead atoms. The fourth-order valence-corrected chi connectivity index (χ4v) is 1.57. The topological polar surface area (TPSA) is 75.3 Å². The first kappa shape index (κ1) is 14.5. The van der Waals surface area contributed by atoms with E-state index in [-0.39, 0.29) is 24.5 Å². The van der Waals surface area contributed by atoms with Crippen molar-refractivity contribution in [2.24, 2.45) is 5.92 Å². The maximum absolute atomic E-state index is 11.7. The minimum absolute atomic E-state index is 0.00563. The monoisotopic (exact) mass is 250 g/mol. The van der Waals surface area contributed by atoms with E-state index in [0.29, 0.717) is 12.8 Å². The predicted molar refractivity (Wildman–Crippen MR) is 73.0 cm³/mol. The van der Waals surface area contributed by atoms with Gasteiger partial charge >= 0.3 is 0 Å². The zero-order chi connectivity index (χ0) is 13.5. The third kappa shape index (κ3) is 4.75. The average Bonchev–Trinajstić information content (AvgIpc) is 2.37. The van der Waals surface area contributed by atoms with E-state index in [2.05, 4.69) is 5.32 Å². The van der Waals surface area contributed by atoms with Crippen molar-refractivity contribution in [1.29, 1.82) is 0 Å². The first-order valence-corrected chi connectivity index (χ1v) is 6.27. The van der Waals surface area contributed by atoms with Gasteiger partial charge < -0.3 is 16.2 Å². The van der Waals surface area contributed by atoms with Gasteiger partial charge in [0.25, 0.3) is 0 Å². The van der Waals surface area contributed by atoms with Gasteiger partial charge in [-0.3, -0.25) is 4.79 Å². The fraction of sp³-hybridized carbons (Fsp3) is 0.500. The summed E-state index contributed by atoms with van der Waals surface area (Å²) in [6.07, 6.45) is 1.15. The minimum Gasteiger partial charge on any atom is -0.399 e. The van der Waals surface area contributed by atoms with Crippen molar-refractivity contribution in [3.8, 4) is 0 Å². The SMILES string of the molecule is CC(CO)C(C)NC(=O)CCc1ccc(N)cc1. The molecule has 1 aromatic rings. The Balaban J connectivity index is 2.35. The highest BCUT2D eigenvalue weighted by Crippen LogP contribution is 2.08. The molecule has 4 heteroatoms. The van der Waals surface area contributed by atoms with E-state index < -0.39 is 0 Å². The molecular weight excluding hydrogens is 228 g/mol. The number of nitrogen functional groups attached to an aromatic ring is 1. The Morgan fingerprint density at radius 1 is 1.33 bits per heavy atom. The number of aryl methyl sites for hydroxylation is 1. The number of carbonyl (C=O) groups excluding carboxylic acids is 1. The standard InChI is InChI=1S/C14H22N2O2/c1-10(9-17)11(2)16-14(18)8-5-12-3-6-13(15)7-4-12/h3-4,6-7,10-11,17H,5,8-9,15H2,1-2H3,(H,16,18). The number of benzene rings is 1. The summed E-state index contributed by atoms with van der Waals surface area (Å²) in [5.74, 6) is 0.0881. The molecule has 18 heavy (non-hydrogen) atoms. The van der Waals surface area contributed by atoms with E-state index in [1.165, 1.54) is 0 Å². The van der Waals surface area contributed by atoms with Gasteiger partial charge in [-0.1, -0.05) is 19.1 Å². The minimum atomic E-state index is -0.00563. The van der Waals surface area contributed by atoms with Crippen LogP contribution in [0.15, 0.2) is 24.3 Å². The lowest BCUT2D eigenvalue weighted by molar-refractivity contribution is -0.122. The van der Waals surface area contributed by atoms with Crippen molar-refractivity contribution >= 4 is 11.6 Å². The molecule has 0 saturated heterocycles. The van der Waals surface area contributed by atoms with Gasteiger partial charge in [-0.15, -0.1) is 0 Å². The molecule has 0 aliphatic rings. The third-order valence-electron chi connectivity index (χ3n) is 3.15. The number of carbonyl (C=O) groups is 1. The van der Waals surface area contributed by atoms with Gasteiger partial charge in [0.15, 0.2) is 0 Å². The van der Waals surface area contributed by atoms with Crippen LogP contribution in [0.2, 0.25) is 0 Å². The van der Waals surface area contributed by atoms with Crippen molar-refractivity contribution in [1.82, 2.24) is 5.32 Å². The van der Waals surface area contributed by atoms with Crippen molar-refractivity contribution in [2.75, 3.05) is 12.3 Å². The van der Waals surface area contributed by atoms with Crippen LogP contribution in [-0.4, -0.2) is 23.7 Å². The highest BCUT2D eigenvalue weighted by Gasteiger charge is 2.13. The number of amides is 1. The van der Waals surface area contributed by atoms with Crippen LogP contribution in [0.5, 0.6) is 0 Å². The summed E-state index contributed by atoms with van der Waals surface area (Å²) in [5, 5.41) is 11.9. The van der Waals surface area contributed by atoms with Gasteiger partial charge in [-0.2, -0.15) is 0 Å². The number of aliphatic hydroxyl groups is 1. The molecule has 2 unspecified atom stereocenters. The highest BCUT2D eigenvalue weighted by molar-refractivity contribution is 5.76. The van der Waals surface area contributed by atoms with Crippen molar-refractivity contribution in [3.05, 3.63) is 29.8 Å². The molecule has 0 spiro atoms. The molecule has 0 aliphatic carbocycles. The van der Waals surface area contributed by atoms with Gasteiger partial charge in [0.1, 0.15) is 0 Å². The molecule has 2 atom stereocenters. The lowest BCUT2D eigenvalue weighted by Gasteiger charge is -2.19. The molecule has 100 valence electrons. The van der Waals surface area contributed by atoms with Crippen LogP contribution in [0.1, 0.15) is 25.8 Å². The van der Waals surface area contributed by atoms with Crippen LogP contribution in [0.4, 0.5) is 5.69 Å².